The zero-order chi connectivity index (χ0) is 20.3. The first kappa shape index (κ1) is 17.5. The number of imide groups is 1. The molecular weight excluding hydrogens is 370 g/mol. The number of para-hydroxylation sites is 2. The van der Waals surface area contributed by atoms with Crippen molar-refractivity contribution in [3.05, 3.63) is 65.4 Å². The van der Waals surface area contributed by atoms with E-state index in [-0.39, 0.29) is 17.2 Å². The van der Waals surface area contributed by atoms with Crippen molar-refractivity contribution in [3.63, 3.8) is 0 Å². The number of anilines is 1. The number of aromatic amines is 1. The van der Waals surface area contributed by atoms with Crippen LogP contribution in [-0.2, 0) is 21.5 Å². The minimum atomic E-state index is -1.16. The number of carbonyl (C=O) groups is 3. The van der Waals surface area contributed by atoms with Gasteiger partial charge in [0.25, 0.3) is 5.91 Å². The maximum Gasteiger partial charge on any atom is 0.339 e. The van der Waals surface area contributed by atoms with Gasteiger partial charge in [0.05, 0.1) is 24.1 Å². The van der Waals surface area contributed by atoms with Gasteiger partial charge in [0.15, 0.2) is 5.54 Å². The second-order valence-corrected chi connectivity index (χ2v) is 7.43. The molecule has 2 aromatic carbocycles. The summed E-state index contributed by atoms with van der Waals surface area (Å²) in [5, 5.41) is 1.07. The Morgan fingerprint density at radius 1 is 1.10 bits per heavy atom. The summed E-state index contributed by atoms with van der Waals surface area (Å²) >= 11 is 0. The van der Waals surface area contributed by atoms with Crippen LogP contribution in [0.5, 0.6) is 0 Å². The van der Waals surface area contributed by atoms with Crippen molar-refractivity contribution >= 4 is 34.5 Å². The Hall–Kier alpha value is -3.61. The van der Waals surface area contributed by atoms with Crippen molar-refractivity contribution in [2.24, 2.45) is 0 Å². The number of nitrogens with zero attached hydrogens (tertiary/aromatic N) is 2. The van der Waals surface area contributed by atoms with Crippen LogP contribution in [0.15, 0.2) is 48.5 Å². The largest absolute Gasteiger partial charge is 0.465 e. The van der Waals surface area contributed by atoms with Crippen LogP contribution in [-0.4, -0.2) is 41.4 Å². The number of carbonyl (C=O) groups excluding carboxylic acids is 3. The molecule has 2 aliphatic heterocycles. The highest BCUT2D eigenvalue weighted by molar-refractivity contribution is 6.25. The van der Waals surface area contributed by atoms with Crippen molar-refractivity contribution in [3.8, 4) is 0 Å². The van der Waals surface area contributed by atoms with E-state index in [1.807, 2.05) is 24.3 Å². The summed E-state index contributed by atoms with van der Waals surface area (Å²) in [5.74, 6) is -0.978. The van der Waals surface area contributed by atoms with Crippen molar-refractivity contribution in [2.45, 2.75) is 18.9 Å². The number of rotatable bonds is 2. The molecule has 0 bridgehead atoms. The van der Waals surface area contributed by atoms with E-state index < -0.39 is 17.5 Å². The molecule has 1 aromatic heterocycles. The maximum absolute atomic E-state index is 13.7. The number of hydrogen-bond acceptors (Lipinski definition) is 4. The molecule has 1 N–H and O–H groups in total. The predicted molar refractivity (Wildman–Crippen MR) is 107 cm³/mol. The number of methoxy groups -OCH3 is 1. The molecule has 29 heavy (non-hydrogen) atoms. The first-order chi connectivity index (χ1) is 14.0. The third-order valence-electron chi connectivity index (χ3n) is 6.02. The molecule has 3 amide bonds. The molecule has 0 spiro atoms. The summed E-state index contributed by atoms with van der Waals surface area (Å²) < 4.78 is 4.84. The average Bonchev–Trinajstić information content (AvgIpc) is 3.22. The molecule has 1 saturated heterocycles. The number of ether oxygens (including phenoxy) is 1. The Balaban J connectivity index is 1.69. The number of H-pyrrole nitrogens is 1. The van der Waals surface area contributed by atoms with Crippen LogP contribution in [0.3, 0.4) is 0 Å². The Labute approximate surface area is 166 Å². The van der Waals surface area contributed by atoms with Crippen molar-refractivity contribution in [1.29, 1.82) is 0 Å². The minimum absolute atomic E-state index is 0.178. The third kappa shape index (κ3) is 2.15. The molecule has 0 unspecified atom stereocenters. The third-order valence-corrected chi connectivity index (χ3v) is 6.02. The van der Waals surface area contributed by atoms with Crippen LogP contribution in [0.4, 0.5) is 10.5 Å². The molecule has 7 heteroatoms. The standard InChI is InChI=1S/C22H19N3O4/c1-22-18-14(13-7-3-5-9-16(13)23-18)11-12-24(22)21(28)25(20(22)27)17-10-6-4-8-15(17)19(26)29-2/h3-10,23H,11-12H2,1-2H3/t22-/m1/s1. The van der Waals surface area contributed by atoms with Gasteiger partial charge in [0.2, 0.25) is 0 Å². The molecule has 0 radical (unpaired) electrons. The van der Waals surface area contributed by atoms with Gasteiger partial charge in [0.1, 0.15) is 0 Å². The fraction of sp³-hybridized carbons (Fsp3) is 0.227. The highest BCUT2D eigenvalue weighted by Gasteiger charge is 2.59. The first-order valence-corrected chi connectivity index (χ1v) is 9.42. The fourth-order valence-electron chi connectivity index (χ4n) is 4.56. The Kier molecular flexibility index (Phi) is 3.58. The quantitative estimate of drug-likeness (QED) is 0.539. The van der Waals surface area contributed by atoms with Crippen LogP contribution in [0.2, 0.25) is 0 Å². The number of esters is 1. The summed E-state index contributed by atoms with van der Waals surface area (Å²) in [7, 11) is 1.27. The van der Waals surface area contributed by atoms with Crippen LogP contribution in [0.1, 0.15) is 28.5 Å². The Bertz CT molecular complexity index is 1200. The van der Waals surface area contributed by atoms with E-state index in [1.54, 1.807) is 36.1 Å². The Morgan fingerprint density at radius 2 is 1.83 bits per heavy atom. The van der Waals surface area contributed by atoms with Gasteiger partial charge in [-0.15, -0.1) is 0 Å². The molecule has 1 fully saturated rings. The summed E-state index contributed by atoms with van der Waals surface area (Å²) in [4.78, 5) is 45.3. The maximum atomic E-state index is 13.7. The predicted octanol–water partition coefficient (Wildman–Crippen LogP) is 3.19. The lowest BCUT2D eigenvalue weighted by molar-refractivity contribution is -0.125. The highest BCUT2D eigenvalue weighted by Crippen LogP contribution is 2.45. The first-order valence-electron chi connectivity index (χ1n) is 9.42. The number of nitrogens with one attached hydrogen (secondary N) is 1. The monoisotopic (exact) mass is 389 g/mol. The van der Waals surface area contributed by atoms with Gasteiger partial charge in [-0.05, 0) is 37.1 Å². The van der Waals surface area contributed by atoms with Crippen LogP contribution >= 0.6 is 0 Å². The fourth-order valence-corrected chi connectivity index (χ4v) is 4.56. The minimum Gasteiger partial charge on any atom is -0.465 e. The van der Waals surface area contributed by atoms with Crippen molar-refractivity contribution in [2.75, 3.05) is 18.6 Å². The van der Waals surface area contributed by atoms with Gasteiger partial charge < -0.3 is 14.6 Å². The highest BCUT2D eigenvalue weighted by atomic mass is 16.5. The molecule has 3 aromatic rings. The zero-order valence-electron chi connectivity index (χ0n) is 16.1. The lowest BCUT2D eigenvalue weighted by Crippen LogP contribution is -2.49. The molecule has 3 heterocycles. The van der Waals surface area contributed by atoms with E-state index in [0.29, 0.717) is 13.0 Å². The summed E-state index contributed by atoms with van der Waals surface area (Å²) in [6.07, 6.45) is 0.653. The molecule has 0 saturated carbocycles. The van der Waals surface area contributed by atoms with Crippen molar-refractivity contribution in [1.82, 2.24) is 9.88 Å². The van der Waals surface area contributed by atoms with Crippen LogP contribution < -0.4 is 4.90 Å². The lowest BCUT2D eigenvalue weighted by Gasteiger charge is -2.35. The topological polar surface area (TPSA) is 82.7 Å². The summed E-state index contributed by atoms with van der Waals surface area (Å²) in [6.45, 7) is 2.19. The number of amides is 3. The van der Waals surface area contributed by atoms with E-state index in [9.17, 15) is 14.4 Å². The average molecular weight is 389 g/mol. The van der Waals surface area contributed by atoms with Crippen LogP contribution in [0.25, 0.3) is 10.9 Å². The van der Waals surface area contributed by atoms with Gasteiger partial charge in [-0.2, -0.15) is 0 Å². The number of hydrogen-bond donors (Lipinski definition) is 1. The zero-order valence-corrected chi connectivity index (χ0v) is 16.1. The molecular formula is C22H19N3O4. The van der Waals surface area contributed by atoms with Gasteiger partial charge in [-0.25, -0.2) is 14.5 Å². The van der Waals surface area contributed by atoms with Crippen LogP contribution in [0, 0.1) is 0 Å². The number of fused-ring (bicyclic) bond motifs is 5. The van der Waals surface area contributed by atoms with E-state index >= 15 is 0 Å². The number of urea groups is 1. The van der Waals surface area contributed by atoms with Gasteiger partial charge in [-0.3, -0.25) is 4.79 Å². The summed E-state index contributed by atoms with van der Waals surface area (Å²) in [5.41, 5.74) is 1.99. The number of aromatic nitrogens is 1. The molecule has 1 atom stereocenters. The molecule has 5 rings (SSSR count). The Morgan fingerprint density at radius 3 is 2.62 bits per heavy atom. The van der Waals surface area contributed by atoms with E-state index in [0.717, 1.165) is 27.1 Å². The second-order valence-electron chi connectivity index (χ2n) is 7.43. The molecule has 2 aliphatic rings. The SMILES string of the molecule is COC(=O)c1ccccc1N1C(=O)N2CCc3c([nH]c4ccccc34)[C@]2(C)C1=O. The van der Waals surface area contributed by atoms with Crippen molar-refractivity contribution < 1.29 is 19.1 Å². The number of benzene rings is 2. The van der Waals surface area contributed by atoms with E-state index in [1.165, 1.54) is 7.11 Å². The second kappa shape index (κ2) is 5.94. The van der Waals surface area contributed by atoms with Gasteiger partial charge in [-0.1, -0.05) is 30.3 Å². The normalized spacial score (nSPS) is 20.8. The lowest BCUT2D eigenvalue weighted by atomic mass is 9.87. The van der Waals surface area contributed by atoms with E-state index in [2.05, 4.69) is 4.98 Å². The smallest absolute Gasteiger partial charge is 0.339 e. The van der Waals surface area contributed by atoms with E-state index in [4.69, 9.17) is 4.74 Å². The molecule has 7 nitrogen and oxygen atoms in total. The van der Waals surface area contributed by atoms with Gasteiger partial charge >= 0.3 is 12.0 Å². The molecule has 146 valence electrons. The summed E-state index contributed by atoms with van der Waals surface area (Å²) in [6, 6.07) is 14.0. The molecule has 0 aliphatic carbocycles. The van der Waals surface area contributed by atoms with Gasteiger partial charge in [0, 0.05) is 17.4 Å².